The molecule has 0 bridgehead atoms. The van der Waals surface area contributed by atoms with Crippen molar-refractivity contribution in [1.29, 1.82) is 0 Å². The number of allylic oxidation sites excluding steroid dienone is 1. The average molecular weight is 203 g/mol. The van der Waals surface area contributed by atoms with Gasteiger partial charge in [0.1, 0.15) is 13.0 Å². The van der Waals surface area contributed by atoms with Gasteiger partial charge in [-0.2, -0.15) is 5.10 Å². The highest BCUT2D eigenvalue weighted by atomic mass is 16.2. The summed E-state index contributed by atoms with van der Waals surface area (Å²) < 4.78 is 0. The molecule has 1 aliphatic heterocycles. The molecule has 1 aromatic rings. The van der Waals surface area contributed by atoms with Crippen molar-refractivity contribution in [1.82, 2.24) is 5.32 Å². The first-order valence-electron chi connectivity index (χ1n) is 4.81. The summed E-state index contributed by atoms with van der Waals surface area (Å²) in [6.45, 7) is 0.718. The zero-order valence-electron chi connectivity index (χ0n) is 8.30. The largest absolute Gasteiger partial charge is 0.516 e. The highest BCUT2D eigenvalue weighted by Crippen LogP contribution is 2.16. The lowest BCUT2D eigenvalue weighted by atomic mass is 10.1. The van der Waals surface area contributed by atoms with Crippen LogP contribution in [0.3, 0.4) is 0 Å². The Morgan fingerprint density at radius 1 is 1.40 bits per heavy atom. The van der Waals surface area contributed by atoms with Gasteiger partial charge in [0, 0.05) is 0 Å². The fraction of sp³-hybridized carbons (Fsp3) is 0.182. The maximum absolute atomic E-state index is 8.54. The number of aliphatic hydroxyl groups is 1. The van der Waals surface area contributed by atoms with Crippen LogP contribution in [0, 0.1) is 0 Å². The number of hydrogen-bond donors (Lipinski definition) is 2. The molecule has 1 aromatic carbocycles. The van der Waals surface area contributed by atoms with Crippen LogP contribution >= 0.6 is 0 Å². The molecule has 4 heteroatoms. The topological polar surface area (TPSA) is 47.9 Å². The van der Waals surface area contributed by atoms with E-state index in [9.17, 15) is 0 Å². The predicted molar refractivity (Wildman–Crippen MR) is 60.9 cm³/mol. The smallest absolute Gasteiger partial charge is 0.111 e. The van der Waals surface area contributed by atoms with Crippen LogP contribution in [0.4, 0.5) is 5.69 Å². The zero-order chi connectivity index (χ0) is 10.5. The summed E-state index contributed by atoms with van der Waals surface area (Å²) in [6.07, 6.45) is 5.22. The van der Waals surface area contributed by atoms with E-state index in [-0.39, 0.29) is 0 Å². The molecular weight excluding hydrogens is 190 g/mol. The van der Waals surface area contributed by atoms with Gasteiger partial charge in [-0.1, -0.05) is 12.1 Å². The van der Waals surface area contributed by atoms with Gasteiger partial charge in [-0.25, -0.2) is 5.01 Å². The number of benzene rings is 1. The van der Waals surface area contributed by atoms with Gasteiger partial charge in [0.2, 0.25) is 0 Å². The van der Waals surface area contributed by atoms with Crippen molar-refractivity contribution in [2.24, 2.45) is 5.10 Å². The summed E-state index contributed by atoms with van der Waals surface area (Å²) >= 11 is 0. The van der Waals surface area contributed by atoms with E-state index in [1.165, 1.54) is 5.56 Å². The molecule has 1 heterocycles. The maximum atomic E-state index is 8.54. The molecule has 0 amide bonds. The zero-order valence-corrected chi connectivity index (χ0v) is 8.30. The molecule has 0 saturated heterocycles. The molecule has 0 spiro atoms. The molecule has 4 nitrogen and oxygen atoms in total. The molecule has 0 unspecified atom stereocenters. The molecule has 0 radical (unpaired) electrons. The van der Waals surface area contributed by atoms with Gasteiger partial charge in [0.05, 0.1) is 11.9 Å². The van der Waals surface area contributed by atoms with Gasteiger partial charge in [-0.3, -0.25) is 0 Å². The van der Waals surface area contributed by atoms with Crippen LogP contribution in [0.1, 0.15) is 5.56 Å². The van der Waals surface area contributed by atoms with E-state index in [0.29, 0.717) is 0 Å². The Labute approximate surface area is 88.5 Å². The SMILES string of the molecule is O/C=C/Cc1ccc(N2CNC=N2)cc1. The van der Waals surface area contributed by atoms with E-state index in [2.05, 4.69) is 10.4 Å². The Hall–Kier alpha value is -1.97. The average Bonchev–Trinajstić information content (AvgIpc) is 2.80. The summed E-state index contributed by atoms with van der Waals surface area (Å²) in [5, 5.41) is 17.6. The van der Waals surface area contributed by atoms with E-state index in [1.54, 1.807) is 12.4 Å². The first-order chi connectivity index (χ1) is 7.40. The van der Waals surface area contributed by atoms with E-state index >= 15 is 0 Å². The molecule has 2 rings (SSSR count). The molecule has 0 fully saturated rings. The van der Waals surface area contributed by atoms with Crippen molar-refractivity contribution in [2.45, 2.75) is 6.42 Å². The van der Waals surface area contributed by atoms with Crippen molar-refractivity contribution >= 4 is 12.0 Å². The van der Waals surface area contributed by atoms with Gasteiger partial charge < -0.3 is 10.4 Å². The van der Waals surface area contributed by atoms with E-state index in [4.69, 9.17) is 5.11 Å². The highest BCUT2D eigenvalue weighted by molar-refractivity contribution is 5.62. The van der Waals surface area contributed by atoms with Crippen LogP contribution < -0.4 is 10.3 Å². The highest BCUT2D eigenvalue weighted by Gasteiger charge is 2.06. The fourth-order valence-corrected chi connectivity index (χ4v) is 1.43. The summed E-state index contributed by atoms with van der Waals surface area (Å²) in [4.78, 5) is 0. The molecule has 0 atom stereocenters. The Balaban J connectivity index is 2.06. The van der Waals surface area contributed by atoms with Gasteiger partial charge in [0.25, 0.3) is 0 Å². The molecule has 78 valence electrons. The molecular formula is C11H13N3O. The molecule has 0 aromatic heterocycles. The lowest BCUT2D eigenvalue weighted by molar-refractivity contribution is 0.471. The summed E-state index contributed by atoms with van der Waals surface area (Å²) in [5.74, 6) is 0. The molecule has 1 aliphatic rings. The predicted octanol–water partition coefficient (Wildman–Crippen LogP) is 1.61. The number of rotatable bonds is 3. The number of hydrazone groups is 1. The van der Waals surface area contributed by atoms with Crippen LogP contribution in [-0.2, 0) is 6.42 Å². The third-order valence-electron chi connectivity index (χ3n) is 2.22. The molecule has 0 aliphatic carbocycles. The first-order valence-corrected chi connectivity index (χ1v) is 4.81. The maximum Gasteiger partial charge on any atom is 0.111 e. The number of aliphatic hydroxyl groups excluding tert-OH is 1. The lowest BCUT2D eigenvalue weighted by Gasteiger charge is -2.12. The van der Waals surface area contributed by atoms with Crippen molar-refractivity contribution in [3.8, 4) is 0 Å². The minimum atomic E-state index is 0.718. The van der Waals surface area contributed by atoms with E-state index in [0.717, 1.165) is 25.0 Å². The van der Waals surface area contributed by atoms with Gasteiger partial charge in [0.15, 0.2) is 0 Å². The van der Waals surface area contributed by atoms with Crippen LogP contribution in [0.2, 0.25) is 0 Å². The lowest BCUT2D eigenvalue weighted by Crippen LogP contribution is -2.20. The summed E-state index contributed by atoms with van der Waals surface area (Å²) in [6, 6.07) is 8.10. The molecule has 15 heavy (non-hydrogen) atoms. The fourth-order valence-electron chi connectivity index (χ4n) is 1.43. The minimum Gasteiger partial charge on any atom is -0.516 e. The number of nitrogens with zero attached hydrogens (tertiary/aromatic N) is 2. The summed E-state index contributed by atoms with van der Waals surface area (Å²) in [7, 11) is 0. The molecule has 2 N–H and O–H groups in total. The van der Waals surface area contributed by atoms with Crippen LogP contribution in [0.5, 0.6) is 0 Å². The quantitative estimate of drug-likeness (QED) is 0.734. The van der Waals surface area contributed by atoms with Crippen molar-refractivity contribution in [2.75, 3.05) is 11.7 Å². The van der Waals surface area contributed by atoms with E-state index in [1.807, 2.05) is 29.3 Å². The first kappa shape index (κ1) is 9.58. The molecule has 0 saturated carbocycles. The Morgan fingerprint density at radius 2 is 2.20 bits per heavy atom. The van der Waals surface area contributed by atoms with Crippen molar-refractivity contribution in [3.63, 3.8) is 0 Å². The third kappa shape index (κ3) is 2.28. The second kappa shape index (κ2) is 4.50. The van der Waals surface area contributed by atoms with Gasteiger partial charge >= 0.3 is 0 Å². The van der Waals surface area contributed by atoms with Crippen LogP contribution in [0.15, 0.2) is 41.7 Å². The van der Waals surface area contributed by atoms with Crippen LogP contribution in [-0.4, -0.2) is 18.1 Å². The second-order valence-electron chi connectivity index (χ2n) is 3.26. The van der Waals surface area contributed by atoms with Gasteiger partial charge in [-0.15, -0.1) is 0 Å². The summed E-state index contributed by atoms with van der Waals surface area (Å²) in [5.41, 5.74) is 2.23. The Morgan fingerprint density at radius 3 is 2.80 bits per heavy atom. The number of anilines is 1. The Kier molecular flexibility index (Phi) is 2.88. The monoisotopic (exact) mass is 203 g/mol. The van der Waals surface area contributed by atoms with Gasteiger partial charge in [-0.05, 0) is 30.2 Å². The minimum absolute atomic E-state index is 0.718. The van der Waals surface area contributed by atoms with Crippen LogP contribution in [0.25, 0.3) is 0 Å². The number of hydrogen-bond acceptors (Lipinski definition) is 4. The second-order valence-corrected chi connectivity index (χ2v) is 3.26. The third-order valence-corrected chi connectivity index (χ3v) is 2.22. The number of nitrogens with one attached hydrogen (secondary N) is 1. The Bertz CT molecular complexity index is 370. The van der Waals surface area contributed by atoms with Crippen molar-refractivity contribution < 1.29 is 5.11 Å². The van der Waals surface area contributed by atoms with Crippen molar-refractivity contribution in [3.05, 3.63) is 42.2 Å². The normalized spacial score (nSPS) is 14.8. The van der Waals surface area contributed by atoms with E-state index < -0.39 is 0 Å². The standard InChI is InChI=1S/C11H13N3O/c15-7-1-2-10-3-5-11(6-4-10)14-9-12-8-13-14/h1,3-8,15H,2,9H2,(H,12,13)/b7-1+.